The van der Waals surface area contributed by atoms with Crippen LogP contribution in [0.5, 0.6) is 0 Å². The molecule has 5 nitrogen and oxygen atoms in total. The van der Waals surface area contributed by atoms with Gasteiger partial charge in [-0.15, -0.1) is 0 Å². The molecule has 5 heteroatoms. The summed E-state index contributed by atoms with van der Waals surface area (Å²) in [6.07, 6.45) is 0.877. The second kappa shape index (κ2) is 8.06. The first-order valence-corrected chi connectivity index (χ1v) is 6.10. The van der Waals surface area contributed by atoms with Gasteiger partial charge in [0.2, 0.25) is 5.91 Å². The minimum absolute atomic E-state index is 0.0725. The molecule has 0 aromatic rings. The molecule has 0 radical (unpaired) electrons. The Morgan fingerprint density at radius 1 is 1.29 bits per heavy atom. The molecular formula is C12H24N2O3. The van der Waals surface area contributed by atoms with Crippen molar-refractivity contribution in [3.8, 4) is 0 Å². The van der Waals surface area contributed by atoms with Crippen LogP contribution in [0.2, 0.25) is 0 Å². The highest BCUT2D eigenvalue weighted by molar-refractivity contribution is 5.82. The van der Waals surface area contributed by atoms with E-state index >= 15 is 0 Å². The van der Waals surface area contributed by atoms with Gasteiger partial charge in [0.25, 0.3) is 0 Å². The van der Waals surface area contributed by atoms with Gasteiger partial charge in [-0.2, -0.15) is 0 Å². The zero-order chi connectivity index (χ0) is 13.4. The molecule has 0 saturated carbocycles. The molecule has 17 heavy (non-hydrogen) atoms. The molecule has 3 N–H and O–H groups in total. The molecule has 0 aliphatic carbocycles. The number of ether oxygens (including phenoxy) is 1. The molecule has 0 aromatic carbocycles. The van der Waals surface area contributed by atoms with Crippen LogP contribution in [0.3, 0.4) is 0 Å². The van der Waals surface area contributed by atoms with Crippen LogP contribution >= 0.6 is 0 Å². The van der Waals surface area contributed by atoms with E-state index in [0.29, 0.717) is 19.4 Å². The molecule has 0 rings (SSSR count). The number of nitrogens with two attached hydrogens (primary N) is 1. The van der Waals surface area contributed by atoms with E-state index in [0.717, 1.165) is 0 Å². The van der Waals surface area contributed by atoms with E-state index in [1.165, 1.54) is 0 Å². The van der Waals surface area contributed by atoms with Crippen molar-refractivity contribution in [2.75, 3.05) is 6.61 Å². The fourth-order valence-corrected chi connectivity index (χ4v) is 1.28. The van der Waals surface area contributed by atoms with Crippen molar-refractivity contribution in [2.24, 2.45) is 11.7 Å². The topological polar surface area (TPSA) is 81.4 Å². The molecule has 0 saturated heterocycles. The Kier molecular flexibility index (Phi) is 7.54. The maximum atomic E-state index is 11.6. The normalized spacial score (nSPS) is 14.2. The molecule has 2 atom stereocenters. The third-order valence-electron chi connectivity index (χ3n) is 2.50. The van der Waals surface area contributed by atoms with Crippen LogP contribution in [0.1, 0.15) is 40.5 Å². The summed E-state index contributed by atoms with van der Waals surface area (Å²) in [5.41, 5.74) is 5.71. The second-order valence-corrected chi connectivity index (χ2v) is 4.52. The molecule has 0 fully saturated rings. The molecule has 0 aliphatic heterocycles. The Hall–Kier alpha value is -1.10. The van der Waals surface area contributed by atoms with Crippen molar-refractivity contribution < 1.29 is 14.3 Å². The van der Waals surface area contributed by atoms with Gasteiger partial charge in [0, 0.05) is 12.5 Å². The van der Waals surface area contributed by atoms with E-state index < -0.39 is 6.04 Å². The average Bonchev–Trinajstić information content (AvgIpc) is 2.25. The van der Waals surface area contributed by atoms with Crippen LogP contribution in [-0.2, 0) is 14.3 Å². The number of esters is 1. The summed E-state index contributed by atoms with van der Waals surface area (Å²) in [6.45, 7) is 7.80. The van der Waals surface area contributed by atoms with Crippen LogP contribution in [-0.4, -0.2) is 30.6 Å². The largest absolute Gasteiger partial charge is 0.466 e. The molecule has 0 spiro atoms. The van der Waals surface area contributed by atoms with E-state index in [1.54, 1.807) is 6.92 Å². The third kappa shape index (κ3) is 6.94. The van der Waals surface area contributed by atoms with Crippen molar-refractivity contribution in [1.82, 2.24) is 5.32 Å². The Balaban J connectivity index is 3.89. The van der Waals surface area contributed by atoms with Gasteiger partial charge in [-0.1, -0.05) is 13.8 Å². The van der Waals surface area contributed by atoms with Crippen LogP contribution in [0.4, 0.5) is 0 Å². The number of carbonyl (C=O) groups excluding carboxylic acids is 2. The Morgan fingerprint density at radius 3 is 2.35 bits per heavy atom. The number of nitrogens with one attached hydrogen (secondary N) is 1. The van der Waals surface area contributed by atoms with Gasteiger partial charge < -0.3 is 15.8 Å². The van der Waals surface area contributed by atoms with Gasteiger partial charge in [0.15, 0.2) is 0 Å². The summed E-state index contributed by atoms with van der Waals surface area (Å²) in [5.74, 6) is -0.301. The number of hydrogen-bond acceptors (Lipinski definition) is 4. The van der Waals surface area contributed by atoms with Crippen LogP contribution in [0.15, 0.2) is 0 Å². The quantitative estimate of drug-likeness (QED) is 0.650. The molecule has 1 amide bonds. The van der Waals surface area contributed by atoms with Gasteiger partial charge in [0.1, 0.15) is 0 Å². The lowest BCUT2D eigenvalue weighted by molar-refractivity contribution is -0.143. The lowest BCUT2D eigenvalue weighted by Gasteiger charge is -2.19. The average molecular weight is 244 g/mol. The molecule has 1 unspecified atom stereocenters. The smallest absolute Gasteiger partial charge is 0.305 e. The molecule has 0 heterocycles. The number of amides is 1. The predicted octanol–water partition coefficient (Wildman–Crippen LogP) is 0.818. The van der Waals surface area contributed by atoms with Crippen LogP contribution < -0.4 is 11.1 Å². The second-order valence-electron chi connectivity index (χ2n) is 4.52. The van der Waals surface area contributed by atoms with Gasteiger partial charge in [-0.3, -0.25) is 9.59 Å². The Labute approximate surface area is 103 Å². The van der Waals surface area contributed by atoms with Crippen molar-refractivity contribution >= 4 is 11.9 Å². The summed E-state index contributed by atoms with van der Waals surface area (Å²) in [5, 5.41) is 2.79. The van der Waals surface area contributed by atoms with E-state index in [1.807, 2.05) is 20.8 Å². The molecule has 0 aliphatic rings. The van der Waals surface area contributed by atoms with Gasteiger partial charge >= 0.3 is 5.97 Å². The first-order valence-electron chi connectivity index (χ1n) is 6.10. The fourth-order valence-electron chi connectivity index (χ4n) is 1.28. The predicted molar refractivity (Wildman–Crippen MR) is 66.3 cm³/mol. The minimum atomic E-state index is -0.500. The highest BCUT2D eigenvalue weighted by Crippen LogP contribution is 2.02. The lowest BCUT2D eigenvalue weighted by Crippen LogP contribution is -2.47. The zero-order valence-corrected chi connectivity index (χ0v) is 11.2. The summed E-state index contributed by atoms with van der Waals surface area (Å²) in [7, 11) is 0. The summed E-state index contributed by atoms with van der Waals surface area (Å²) in [6, 6.07) is -0.572. The fraction of sp³-hybridized carbons (Fsp3) is 0.833. The highest BCUT2D eigenvalue weighted by atomic mass is 16.5. The maximum absolute atomic E-state index is 11.6. The van der Waals surface area contributed by atoms with E-state index in [-0.39, 0.29) is 23.8 Å². The first kappa shape index (κ1) is 15.9. The van der Waals surface area contributed by atoms with E-state index in [9.17, 15) is 9.59 Å². The molecular weight excluding hydrogens is 220 g/mol. The third-order valence-corrected chi connectivity index (χ3v) is 2.50. The van der Waals surface area contributed by atoms with Crippen molar-refractivity contribution in [1.29, 1.82) is 0 Å². The van der Waals surface area contributed by atoms with Crippen LogP contribution in [0.25, 0.3) is 0 Å². The van der Waals surface area contributed by atoms with E-state index in [4.69, 9.17) is 10.5 Å². The number of carbonyl (C=O) groups is 2. The van der Waals surface area contributed by atoms with E-state index in [2.05, 4.69) is 5.32 Å². The van der Waals surface area contributed by atoms with Gasteiger partial charge in [-0.25, -0.2) is 0 Å². The monoisotopic (exact) mass is 244 g/mol. The molecule has 100 valence electrons. The summed E-state index contributed by atoms with van der Waals surface area (Å²) >= 11 is 0. The number of rotatable bonds is 7. The maximum Gasteiger partial charge on any atom is 0.305 e. The van der Waals surface area contributed by atoms with Crippen molar-refractivity contribution in [3.63, 3.8) is 0 Å². The Morgan fingerprint density at radius 2 is 1.88 bits per heavy atom. The molecule has 0 bridgehead atoms. The zero-order valence-electron chi connectivity index (χ0n) is 11.2. The van der Waals surface area contributed by atoms with Crippen molar-refractivity contribution in [2.45, 2.75) is 52.6 Å². The highest BCUT2D eigenvalue weighted by Gasteiger charge is 2.19. The van der Waals surface area contributed by atoms with Crippen LogP contribution in [0, 0.1) is 5.92 Å². The first-order chi connectivity index (χ1) is 7.88. The standard InChI is InChI=1S/C12H24N2O3/c1-5-17-10(15)7-6-9(4)14-12(16)11(13)8(2)3/h8-9,11H,5-7,13H2,1-4H3,(H,14,16)/t9?,11-/m0/s1. The summed E-state index contributed by atoms with van der Waals surface area (Å²) < 4.78 is 4.81. The Bertz CT molecular complexity index is 254. The lowest BCUT2D eigenvalue weighted by atomic mass is 10.0. The minimum Gasteiger partial charge on any atom is -0.466 e. The molecule has 0 aromatic heterocycles. The summed E-state index contributed by atoms with van der Waals surface area (Å²) in [4.78, 5) is 22.7. The number of hydrogen-bond donors (Lipinski definition) is 2. The van der Waals surface area contributed by atoms with Crippen molar-refractivity contribution in [3.05, 3.63) is 0 Å². The SMILES string of the molecule is CCOC(=O)CCC(C)NC(=O)[C@@H](N)C(C)C. The van der Waals surface area contributed by atoms with Gasteiger partial charge in [-0.05, 0) is 26.2 Å². The van der Waals surface area contributed by atoms with Gasteiger partial charge in [0.05, 0.1) is 12.6 Å².